The number of nitrogens with zero attached hydrogens (tertiary/aromatic N) is 3. The minimum absolute atomic E-state index is 0. The highest BCUT2D eigenvalue weighted by molar-refractivity contribution is 14.0. The maximum Gasteiger partial charge on any atom is 0.220 e. The van der Waals surface area contributed by atoms with Gasteiger partial charge in [0.1, 0.15) is 12.3 Å². The van der Waals surface area contributed by atoms with E-state index in [1.807, 2.05) is 0 Å². The third-order valence-corrected chi connectivity index (χ3v) is 4.66. The van der Waals surface area contributed by atoms with Gasteiger partial charge in [-0.1, -0.05) is 20.8 Å². The minimum Gasteiger partial charge on any atom is -0.443 e. The summed E-state index contributed by atoms with van der Waals surface area (Å²) in [6, 6.07) is 0. The Hall–Kier alpha value is -1.32. The second-order valence-corrected chi connectivity index (χ2v) is 7.85. The van der Waals surface area contributed by atoms with Crippen LogP contribution in [0.3, 0.4) is 0 Å². The number of oxazole rings is 1. The van der Waals surface area contributed by atoms with Crippen molar-refractivity contribution in [2.75, 3.05) is 26.7 Å². The van der Waals surface area contributed by atoms with Crippen LogP contribution < -0.4 is 10.6 Å². The summed E-state index contributed by atoms with van der Waals surface area (Å²) in [6.45, 7) is 11.4. The van der Waals surface area contributed by atoms with Crippen LogP contribution in [-0.2, 0) is 16.8 Å². The van der Waals surface area contributed by atoms with Gasteiger partial charge in [0.2, 0.25) is 11.8 Å². The molecule has 0 aliphatic carbocycles. The summed E-state index contributed by atoms with van der Waals surface area (Å²) in [6.07, 6.45) is 4.42. The third-order valence-electron chi connectivity index (χ3n) is 4.66. The summed E-state index contributed by atoms with van der Waals surface area (Å²) in [5.74, 6) is 2.99. The van der Waals surface area contributed by atoms with Crippen molar-refractivity contribution in [3.63, 3.8) is 0 Å². The number of aliphatic imine (C=N–C) groups is 1. The molecule has 0 unspecified atom stereocenters. The van der Waals surface area contributed by atoms with Crippen molar-refractivity contribution in [3.8, 4) is 0 Å². The van der Waals surface area contributed by atoms with E-state index in [1.54, 1.807) is 13.2 Å². The zero-order valence-electron chi connectivity index (χ0n) is 17.2. The van der Waals surface area contributed by atoms with Crippen LogP contribution in [0.1, 0.15) is 58.6 Å². The van der Waals surface area contributed by atoms with Gasteiger partial charge in [0, 0.05) is 38.5 Å². The highest BCUT2D eigenvalue weighted by Gasteiger charge is 2.23. The Morgan fingerprint density at radius 1 is 1.37 bits per heavy atom. The highest BCUT2D eigenvalue weighted by atomic mass is 127. The van der Waals surface area contributed by atoms with Crippen molar-refractivity contribution in [2.45, 2.75) is 58.9 Å². The van der Waals surface area contributed by atoms with Crippen molar-refractivity contribution in [1.82, 2.24) is 20.5 Å². The molecule has 0 radical (unpaired) electrons. The first-order valence-electron chi connectivity index (χ1n) is 9.52. The number of rotatable bonds is 5. The molecule has 1 saturated heterocycles. The average Bonchev–Trinajstić information content (AvgIpc) is 3.08. The number of amides is 1. The maximum absolute atomic E-state index is 11.6. The second-order valence-electron chi connectivity index (χ2n) is 7.85. The number of aromatic nitrogens is 1. The van der Waals surface area contributed by atoms with Gasteiger partial charge < -0.3 is 20.0 Å². The lowest BCUT2D eigenvalue weighted by Gasteiger charge is -2.34. The zero-order chi connectivity index (χ0) is 19.2. The van der Waals surface area contributed by atoms with Gasteiger partial charge in [-0.25, -0.2) is 9.98 Å². The van der Waals surface area contributed by atoms with Crippen LogP contribution in [0, 0.1) is 5.92 Å². The van der Waals surface area contributed by atoms with E-state index in [-0.39, 0.29) is 35.3 Å². The largest absolute Gasteiger partial charge is 0.443 e. The van der Waals surface area contributed by atoms with Crippen LogP contribution in [0.15, 0.2) is 15.6 Å². The summed E-state index contributed by atoms with van der Waals surface area (Å²) < 4.78 is 5.83. The summed E-state index contributed by atoms with van der Waals surface area (Å²) in [4.78, 5) is 22.9. The summed E-state index contributed by atoms with van der Waals surface area (Å²) in [7, 11) is 1.70. The number of halogens is 1. The Labute approximate surface area is 179 Å². The molecule has 154 valence electrons. The lowest BCUT2D eigenvalue weighted by molar-refractivity contribution is -0.121. The molecule has 0 bridgehead atoms. The van der Waals surface area contributed by atoms with E-state index >= 15 is 0 Å². The van der Waals surface area contributed by atoms with Gasteiger partial charge in [-0.15, -0.1) is 24.0 Å². The Kier molecular flexibility index (Phi) is 9.55. The second kappa shape index (κ2) is 10.9. The molecule has 1 fully saturated rings. The fourth-order valence-corrected chi connectivity index (χ4v) is 3.01. The van der Waals surface area contributed by atoms with Gasteiger partial charge in [-0.3, -0.25) is 4.79 Å². The van der Waals surface area contributed by atoms with Gasteiger partial charge in [0.25, 0.3) is 0 Å². The van der Waals surface area contributed by atoms with Crippen LogP contribution in [0.5, 0.6) is 0 Å². The number of hydrogen-bond acceptors (Lipinski definition) is 4. The smallest absolute Gasteiger partial charge is 0.220 e. The van der Waals surface area contributed by atoms with E-state index in [0.29, 0.717) is 24.8 Å². The van der Waals surface area contributed by atoms with E-state index in [1.165, 1.54) is 0 Å². The van der Waals surface area contributed by atoms with Crippen LogP contribution in [-0.4, -0.2) is 48.4 Å². The molecular weight excluding hydrogens is 457 g/mol. The molecule has 1 amide bonds. The Morgan fingerprint density at radius 2 is 2.04 bits per heavy atom. The van der Waals surface area contributed by atoms with Crippen LogP contribution in [0.2, 0.25) is 0 Å². The zero-order valence-corrected chi connectivity index (χ0v) is 19.5. The number of carbonyl (C=O) groups is 1. The molecule has 1 aromatic rings. The maximum atomic E-state index is 11.6. The van der Waals surface area contributed by atoms with Crippen molar-refractivity contribution < 1.29 is 9.21 Å². The molecule has 0 saturated carbocycles. The monoisotopic (exact) mass is 491 g/mol. The molecule has 0 spiro atoms. The summed E-state index contributed by atoms with van der Waals surface area (Å²) >= 11 is 0. The van der Waals surface area contributed by atoms with E-state index in [0.717, 1.165) is 44.2 Å². The van der Waals surface area contributed by atoms with Gasteiger partial charge in [-0.2, -0.15) is 0 Å². The first kappa shape index (κ1) is 23.7. The third kappa shape index (κ3) is 7.31. The number of guanidine groups is 1. The van der Waals surface area contributed by atoms with Crippen molar-refractivity contribution in [2.24, 2.45) is 10.9 Å². The van der Waals surface area contributed by atoms with E-state index in [4.69, 9.17) is 9.41 Å². The minimum atomic E-state index is -0.0495. The predicted molar refractivity (Wildman–Crippen MR) is 118 cm³/mol. The Bertz CT molecular complexity index is 616. The van der Waals surface area contributed by atoms with Gasteiger partial charge in [0.05, 0.1) is 6.20 Å². The molecule has 0 aromatic carbocycles. The Morgan fingerprint density at radius 3 is 2.56 bits per heavy atom. The lowest BCUT2D eigenvalue weighted by atomic mass is 9.93. The molecule has 0 atom stereocenters. The van der Waals surface area contributed by atoms with E-state index in [2.05, 4.69) is 48.2 Å². The fourth-order valence-electron chi connectivity index (χ4n) is 3.01. The SMILES string of the molecule is CCNC(=NCc1ncc(C(C)(C)C)o1)N1CCC(CC(=O)NC)CC1.I. The first-order chi connectivity index (χ1) is 12.3. The number of carbonyl (C=O) groups excluding carboxylic acids is 1. The highest BCUT2D eigenvalue weighted by Crippen LogP contribution is 2.23. The normalized spacial score (nSPS) is 16.0. The molecule has 7 nitrogen and oxygen atoms in total. The summed E-state index contributed by atoms with van der Waals surface area (Å²) in [5, 5.41) is 6.07. The first-order valence-corrected chi connectivity index (χ1v) is 9.52. The average molecular weight is 491 g/mol. The van der Waals surface area contributed by atoms with Crippen molar-refractivity contribution in [3.05, 3.63) is 17.8 Å². The Balaban J connectivity index is 0.00000364. The number of likely N-dealkylation sites (tertiary alicyclic amines) is 1. The quantitative estimate of drug-likeness (QED) is 0.376. The number of piperidine rings is 1. The summed E-state index contributed by atoms with van der Waals surface area (Å²) in [5.41, 5.74) is -0.0495. The van der Waals surface area contributed by atoms with Crippen LogP contribution in [0.4, 0.5) is 0 Å². The topological polar surface area (TPSA) is 82.8 Å². The number of hydrogen-bond donors (Lipinski definition) is 2. The molecule has 1 aliphatic heterocycles. The molecule has 27 heavy (non-hydrogen) atoms. The molecule has 1 aromatic heterocycles. The molecule has 1 aliphatic rings. The lowest BCUT2D eigenvalue weighted by Crippen LogP contribution is -2.46. The molecule has 2 rings (SSSR count). The van der Waals surface area contributed by atoms with Crippen molar-refractivity contribution in [1.29, 1.82) is 0 Å². The standard InChI is InChI=1S/C19H33N5O2.HI/c1-6-21-18(23-13-17-22-12-15(26-17)19(2,3)4)24-9-7-14(8-10-24)11-16(25)20-5;/h12,14H,6-11,13H2,1-5H3,(H,20,25)(H,21,23);1H. The molecular formula is C19H34IN5O2. The van der Waals surface area contributed by atoms with Crippen molar-refractivity contribution >= 4 is 35.8 Å². The molecule has 8 heteroatoms. The van der Waals surface area contributed by atoms with E-state index in [9.17, 15) is 4.79 Å². The van der Waals surface area contributed by atoms with Crippen LogP contribution in [0.25, 0.3) is 0 Å². The van der Waals surface area contributed by atoms with E-state index < -0.39 is 0 Å². The van der Waals surface area contributed by atoms with Gasteiger partial charge >= 0.3 is 0 Å². The molecule has 2 heterocycles. The van der Waals surface area contributed by atoms with Gasteiger partial charge in [-0.05, 0) is 25.7 Å². The van der Waals surface area contributed by atoms with Gasteiger partial charge in [0.15, 0.2) is 5.96 Å². The fraction of sp³-hybridized carbons (Fsp3) is 0.737. The predicted octanol–water partition coefficient (Wildman–Crippen LogP) is 2.90. The molecule has 2 N–H and O–H groups in total. The number of nitrogens with one attached hydrogen (secondary N) is 2. The van der Waals surface area contributed by atoms with Crippen LogP contribution >= 0.6 is 24.0 Å².